The molecule has 0 rings (SSSR count). The second-order valence-electron chi connectivity index (χ2n) is 3.99. The van der Waals surface area contributed by atoms with Crippen molar-refractivity contribution >= 4 is 21.3 Å². The Morgan fingerprint density at radius 3 is 2.23 bits per heavy atom. The van der Waals surface area contributed by atoms with E-state index < -0.39 is 0 Å². The second-order valence-corrected chi connectivity index (χ2v) is 3.99. The first-order valence-electron chi connectivity index (χ1n) is 4.65. The van der Waals surface area contributed by atoms with Gasteiger partial charge in [0.05, 0.1) is 0 Å². The van der Waals surface area contributed by atoms with Crippen LogP contribution < -0.4 is 0 Å². The fraction of sp³-hybridized carbons (Fsp3) is 0.364. The Morgan fingerprint density at radius 1 is 1.23 bits per heavy atom. The van der Waals surface area contributed by atoms with E-state index in [-0.39, 0.29) is 5.41 Å². The predicted octanol–water partition coefficient (Wildman–Crippen LogP) is 1.36. The number of rotatable bonds is 3. The first kappa shape index (κ1) is 12.2. The van der Waals surface area contributed by atoms with Gasteiger partial charge in [0.1, 0.15) is 0 Å². The van der Waals surface area contributed by atoms with Gasteiger partial charge in [-0.3, -0.25) is 0 Å². The maximum absolute atomic E-state index is 3.66. The van der Waals surface area contributed by atoms with E-state index in [1.165, 1.54) is 5.57 Å². The minimum atomic E-state index is 0.193. The summed E-state index contributed by atoms with van der Waals surface area (Å²) in [6, 6.07) is 0. The van der Waals surface area contributed by atoms with E-state index in [0.29, 0.717) is 0 Å². The third-order valence-corrected chi connectivity index (χ3v) is 1.75. The van der Waals surface area contributed by atoms with Gasteiger partial charge in [0.2, 0.25) is 0 Å². The van der Waals surface area contributed by atoms with E-state index in [9.17, 15) is 0 Å². The Labute approximate surface area is 83.9 Å². The molecule has 0 aromatic carbocycles. The van der Waals surface area contributed by atoms with Crippen molar-refractivity contribution in [3.63, 3.8) is 0 Å². The standard InChI is InChI=1S/C11H18B2/c1-11(2,3)10(6-4-8-12)7-5-9-13/h4-9,12H,13H2,1-3H3/b6-4+,9-5+,10-7-. The Balaban J connectivity index is 4.75. The number of hydrogen-bond donors (Lipinski definition) is 0. The molecule has 0 aliphatic rings. The zero-order valence-electron chi connectivity index (χ0n) is 9.17. The van der Waals surface area contributed by atoms with E-state index in [2.05, 4.69) is 46.5 Å². The van der Waals surface area contributed by atoms with Gasteiger partial charge in [0, 0.05) is 0 Å². The number of allylic oxidation sites excluding steroid dienone is 5. The molecule has 0 unspecified atom stereocenters. The summed E-state index contributed by atoms with van der Waals surface area (Å²) in [4.78, 5) is 0. The van der Waals surface area contributed by atoms with Crippen molar-refractivity contribution in [2.75, 3.05) is 0 Å². The molecule has 0 atom stereocenters. The molecule has 0 spiro atoms. The van der Waals surface area contributed by atoms with Crippen LogP contribution in [0.5, 0.6) is 0 Å². The van der Waals surface area contributed by atoms with Crippen molar-refractivity contribution in [2.45, 2.75) is 20.8 Å². The summed E-state index contributed by atoms with van der Waals surface area (Å²) in [7, 11) is 5.68. The molecule has 0 saturated heterocycles. The predicted molar refractivity (Wildman–Crippen MR) is 67.6 cm³/mol. The van der Waals surface area contributed by atoms with Crippen molar-refractivity contribution in [3.05, 3.63) is 35.9 Å². The minimum absolute atomic E-state index is 0.193. The van der Waals surface area contributed by atoms with Crippen LogP contribution in [0.15, 0.2) is 35.9 Å². The van der Waals surface area contributed by atoms with Crippen molar-refractivity contribution < 1.29 is 0 Å². The SMILES string of the molecule is B=C/C=C/C(=C/C=C/B)C(C)(C)C. The first-order valence-corrected chi connectivity index (χ1v) is 4.65. The molecule has 13 heavy (non-hydrogen) atoms. The van der Waals surface area contributed by atoms with E-state index in [1.54, 1.807) is 5.97 Å². The molecule has 0 saturated carbocycles. The van der Waals surface area contributed by atoms with Gasteiger partial charge >= 0.3 is 83.3 Å². The molecule has 0 bridgehead atoms. The van der Waals surface area contributed by atoms with Gasteiger partial charge in [-0.2, -0.15) is 0 Å². The summed E-state index contributed by atoms with van der Waals surface area (Å²) in [6.45, 7) is 6.61. The Kier molecular flexibility index (Phi) is 5.45. The molecule has 0 aliphatic carbocycles. The Morgan fingerprint density at radius 2 is 1.85 bits per heavy atom. The summed E-state index contributed by atoms with van der Waals surface area (Å²) in [5.41, 5.74) is 1.50. The van der Waals surface area contributed by atoms with Crippen LogP contribution in [-0.2, 0) is 0 Å². The monoisotopic (exact) mass is 172 g/mol. The molecule has 0 aromatic rings. The second kappa shape index (κ2) is 5.80. The quantitative estimate of drug-likeness (QED) is 0.445. The van der Waals surface area contributed by atoms with Gasteiger partial charge in [0.25, 0.3) is 0 Å². The molecule has 2 heteroatoms. The molecular weight excluding hydrogens is 154 g/mol. The van der Waals surface area contributed by atoms with Crippen LogP contribution in [0.4, 0.5) is 0 Å². The zero-order valence-corrected chi connectivity index (χ0v) is 9.17. The van der Waals surface area contributed by atoms with Crippen LogP contribution in [-0.4, -0.2) is 21.3 Å². The molecule has 0 aliphatic heterocycles. The van der Waals surface area contributed by atoms with Gasteiger partial charge in [-0.15, -0.1) is 0 Å². The third-order valence-electron chi connectivity index (χ3n) is 1.75. The van der Waals surface area contributed by atoms with Crippen molar-refractivity contribution in [1.82, 2.24) is 0 Å². The first-order chi connectivity index (χ1) is 6.02. The fourth-order valence-corrected chi connectivity index (χ4v) is 0.927. The van der Waals surface area contributed by atoms with Crippen LogP contribution in [0, 0.1) is 5.41 Å². The molecule has 0 nitrogen and oxygen atoms in total. The fourth-order valence-electron chi connectivity index (χ4n) is 0.927. The zero-order chi connectivity index (χ0) is 10.3. The molecule has 0 radical (unpaired) electrons. The molecular formula is C11H18B2. The Bertz CT molecular complexity index is 239. The van der Waals surface area contributed by atoms with Gasteiger partial charge < -0.3 is 0 Å². The molecule has 0 amide bonds. The van der Waals surface area contributed by atoms with E-state index in [1.807, 2.05) is 19.9 Å². The average Bonchev–Trinajstić information content (AvgIpc) is 2.02. The summed E-state index contributed by atoms with van der Waals surface area (Å²) in [6.07, 6.45) is 8.28. The van der Waals surface area contributed by atoms with Gasteiger partial charge in [0.15, 0.2) is 0 Å². The van der Waals surface area contributed by atoms with E-state index in [0.717, 1.165) is 0 Å². The summed E-state index contributed by atoms with van der Waals surface area (Å²) in [5.74, 6) is 3.84. The average molecular weight is 172 g/mol. The van der Waals surface area contributed by atoms with Gasteiger partial charge in [-0.1, -0.05) is 0 Å². The molecule has 68 valence electrons. The van der Waals surface area contributed by atoms with Crippen molar-refractivity contribution in [2.24, 2.45) is 5.41 Å². The van der Waals surface area contributed by atoms with Crippen LogP contribution >= 0.6 is 0 Å². The number of hydrogen-bond acceptors (Lipinski definition) is 0. The van der Waals surface area contributed by atoms with Crippen LogP contribution in [0.3, 0.4) is 0 Å². The normalized spacial score (nSPS) is 14.2. The Hall–Kier alpha value is -0.780. The summed E-state index contributed by atoms with van der Waals surface area (Å²) >= 11 is 0. The van der Waals surface area contributed by atoms with Crippen molar-refractivity contribution in [1.29, 1.82) is 0 Å². The van der Waals surface area contributed by atoms with Gasteiger partial charge in [-0.25, -0.2) is 0 Å². The summed E-state index contributed by atoms with van der Waals surface area (Å²) < 4.78 is 0. The van der Waals surface area contributed by atoms with E-state index in [4.69, 9.17) is 0 Å². The topological polar surface area (TPSA) is 0 Å². The van der Waals surface area contributed by atoms with Gasteiger partial charge in [-0.05, 0) is 0 Å². The molecule has 0 aromatic heterocycles. The summed E-state index contributed by atoms with van der Waals surface area (Å²) in [5, 5.41) is 0. The van der Waals surface area contributed by atoms with Crippen LogP contribution in [0.25, 0.3) is 0 Å². The van der Waals surface area contributed by atoms with E-state index >= 15 is 0 Å². The molecule has 0 N–H and O–H groups in total. The molecule has 0 heterocycles. The van der Waals surface area contributed by atoms with Crippen LogP contribution in [0.1, 0.15) is 20.8 Å². The van der Waals surface area contributed by atoms with Crippen LogP contribution in [0.2, 0.25) is 0 Å². The van der Waals surface area contributed by atoms with Crippen molar-refractivity contribution in [3.8, 4) is 0 Å². The third kappa shape index (κ3) is 5.46. The molecule has 0 fully saturated rings. The maximum atomic E-state index is 3.66.